The number of benzene rings is 3. The Hall–Kier alpha value is -3.17. The van der Waals surface area contributed by atoms with Gasteiger partial charge >= 0.3 is 0 Å². The van der Waals surface area contributed by atoms with Crippen LogP contribution in [0.25, 0.3) is 0 Å². The number of nitrogens with zero attached hydrogens (tertiary/aromatic N) is 2. The highest BCUT2D eigenvalue weighted by Crippen LogP contribution is 2.22. The molecule has 1 saturated carbocycles. The van der Waals surface area contributed by atoms with E-state index in [1.54, 1.807) is 30.3 Å². The standard InChI is InChI=1S/C31H36BrN3O4S/c1-40(38,39)35(28-18-9-4-10-19-28)23-30(36)34(22-25-14-11-15-26(32)20-25)29(21-24-12-5-2-6-13-24)31(37)33-27-16-7-3-8-17-27/h2,4-6,9-15,18-20,27,29H,3,7-8,16-17,21-23H2,1H3,(H,33,37)/t29-/m1/s1. The Morgan fingerprint density at radius 3 is 2.15 bits per heavy atom. The number of sulfonamides is 1. The molecule has 9 heteroatoms. The molecule has 0 heterocycles. The van der Waals surface area contributed by atoms with E-state index in [2.05, 4.69) is 21.2 Å². The number of amides is 2. The van der Waals surface area contributed by atoms with Crippen LogP contribution in [0.15, 0.2) is 89.4 Å². The van der Waals surface area contributed by atoms with Gasteiger partial charge < -0.3 is 10.2 Å². The molecule has 0 saturated heterocycles. The van der Waals surface area contributed by atoms with E-state index in [4.69, 9.17) is 0 Å². The number of para-hydroxylation sites is 1. The second-order valence-electron chi connectivity index (χ2n) is 10.3. The molecule has 40 heavy (non-hydrogen) atoms. The highest BCUT2D eigenvalue weighted by molar-refractivity contribution is 9.10. The molecule has 3 aromatic carbocycles. The molecule has 0 spiro atoms. The molecule has 0 aromatic heterocycles. The van der Waals surface area contributed by atoms with E-state index in [9.17, 15) is 18.0 Å². The average molecular weight is 627 g/mol. The maximum absolute atomic E-state index is 14.1. The Balaban J connectivity index is 1.71. The molecule has 0 aliphatic heterocycles. The van der Waals surface area contributed by atoms with E-state index in [1.165, 1.54) is 4.90 Å². The van der Waals surface area contributed by atoms with Crippen molar-refractivity contribution in [2.24, 2.45) is 0 Å². The molecule has 0 bridgehead atoms. The molecule has 3 aromatic rings. The van der Waals surface area contributed by atoms with Crippen molar-refractivity contribution < 1.29 is 18.0 Å². The normalized spacial score (nSPS) is 14.8. The molecule has 1 fully saturated rings. The third-order valence-corrected chi connectivity index (χ3v) is 8.82. The van der Waals surface area contributed by atoms with E-state index >= 15 is 0 Å². The van der Waals surface area contributed by atoms with Crippen molar-refractivity contribution in [3.05, 3.63) is 101 Å². The number of hydrogen-bond acceptors (Lipinski definition) is 4. The molecular weight excluding hydrogens is 590 g/mol. The van der Waals surface area contributed by atoms with Gasteiger partial charge in [0.15, 0.2) is 0 Å². The SMILES string of the molecule is CS(=O)(=O)N(CC(=O)N(Cc1cccc(Br)c1)[C@H](Cc1ccccc1)C(=O)NC1CCCCC1)c1ccccc1. The molecule has 1 N–H and O–H groups in total. The van der Waals surface area contributed by atoms with Crippen LogP contribution in [0.3, 0.4) is 0 Å². The second kappa shape index (κ2) is 13.9. The Kier molecular flexibility index (Phi) is 10.4. The monoisotopic (exact) mass is 625 g/mol. The zero-order valence-electron chi connectivity index (χ0n) is 22.7. The summed E-state index contributed by atoms with van der Waals surface area (Å²) in [5.74, 6) is -0.668. The minimum Gasteiger partial charge on any atom is -0.352 e. The lowest BCUT2D eigenvalue weighted by Crippen LogP contribution is -2.55. The van der Waals surface area contributed by atoms with Gasteiger partial charge in [0.05, 0.1) is 11.9 Å². The van der Waals surface area contributed by atoms with Crippen molar-refractivity contribution in [2.75, 3.05) is 17.1 Å². The van der Waals surface area contributed by atoms with E-state index in [0.29, 0.717) is 12.1 Å². The molecule has 1 aliphatic carbocycles. The summed E-state index contributed by atoms with van der Waals surface area (Å²) in [5, 5.41) is 3.21. The molecule has 1 aliphatic rings. The fourth-order valence-electron chi connectivity index (χ4n) is 5.14. The van der Waals surface area contributed by atoms with Crippen molar-refractivity contribution in [1.82, 2.24) is 10.2 Å². The smallest absolute Gasteiger partial charge is 0.244 e. The zero-order valence-corrected chi connectivity index (χ0v) is 25.1. The third-order valence-electron chi connectivity index (χ3n) is 7.19. The van der Waals surface area contributed by atoms with Gasteiger partial charge in [0, 0.05) is 23.5 Å². The molecule has 2 amide bonds. The molecular formula is C31H36BrN3O4S. The third kappa shape index (κ3) is 8.41. The first-order chi connectivity index (χ1) is 19.2. The molecule has 0 unspecified atom stereocenters. The van der Waals surface area contributed by atoms with E-state index in [0.717, 1.165) is 58.3 Å². The lowest BCUT2D eigenvalue weighted by Gasteiger charge is -2.35. The summed E-state index contributed by atoms with van der Waals surface area (Å²) in [7, 11) is -3.78. The van der Waals surface area contributed by atoms with Gasteiger partial charge in [-0.3, -0.25) is 13.9 Å². The van der Waals surface area contributed by atoms with E-state index in [1.807, 2.05) is 54.6 Å². The summed E-state index contributed by atoms with van der Waals surface area (Å²) >= 11 is 3.50. The largest absolute Gasteiger partial charge is 0.352 e. The van der Waals surface area contributed by atoms with Crippen LogP contribution in [0.5, 0.6) is 0 Å². The number of halogens is 1. The molecule has 212 valence electrons. The Morgan fingerprint density at radius 1 is 0.900 bits per heavy atom. The van der Waals surface area contributed by atoms with Gasteiger partial charge in [-0.05, 0) is 48.2 Å². The molecule has 7 nitrogen and oxygen atoms in total. The van der Waals surface area contributed by atoms with Crippen LogP contribution in [0.1, 0.15) is 43.2 Å². The van der Waals surface area contributed by atoms with Crippen LogP contribution in [0.2, 0.25) is 0 Å². The maximum atomic E-state index is 14.1. The number of anilines is 1. The van der Waals surface area contributed by atoms with Crippen LogP contribution in [-0.2, 0) is 32.6 Å². The van der Waals surface area contributed by atoms with Gasteiger partial charge in [0.2, 0.25) is 21.8 Å². The lowest BCUT2D eigenvalue weighted by atomic mass is 9.94. The maximum Gasteiger partial charge on any atom is 0.244 e. The fourth-order valence-corrected chi connectivity index (χ4v) is 6.43. The van der Waals surface area contributed by atoms with Crippen molar-refractivity contribution in [3.63, 3.8) is 0 Å². The van der Waals surface area contributed by atoms with Gasteiger partial charge in [-0.15, -0.1) is 0 Å². The minimum absolute atomic E-state index is 0.0687. The number of carbonyl (C=O) groups is 2. The minimum atomic E-state index is -3.78. The summed E-state index contributed by atoms with van der Waals surface area (Å²) < 4.78 is 27.6. The molecule has 0 radical (unpaired) electrons. The number of hydrogen-bond donors (Lipinski definition) is 1. The predicted octanol–water partition coefficient (Wildman–Crippen LogP) is 5.30. The van der Waals surface area contributed by atoms with Crippen molar-refractivity contribution >= 4 is 43.5 Å². The topological polar surface area (TPSA) is 86.8 Å². The van der Waals surface area contributed by atoms with Gasteiger partial charge in [0.25, 0.3) is 0 Å². The zero-order chi connectivity index (χ0) is 28.5. The quantitative estimate of drug-likeness (QED) is 0.313. The summed E-state index contributed by atoms with van der Waals surface area (Å²) in [6.45, 7) is -0.265. The number of nitrogens with one attached hydrogen (secondary N) is 1. The molecule has 4 rings (SSSR count). The van der Waals surface area contributed by atoms with Gasteiger partial charge in [-0.1, -0.05) is 95.9 Å². The van der Waals surface area contributed by atoms with Crippen LogP contribution >= 0.6 is 15.9 Å². The predicted molar refractivity (Wildman–Crippen MR) is 162 cm³/mol. The van der Waals surface area contributed by atoms with Crippen molar-refractivity contribution in [3.8, 4) is 0 Å². The Labute approximate surface area is 245 Å². The van der Waals surface area contributed by atoms with Crippen LogP contribution in [0.4, 0.5) is 5.69 Å². The van der Waals surface area contributed by atoms with Crippen molar-refractivity contribution in [2.45, 2.75) is 57.2 Å². The average Bonchev–Trinajstić information content (AvgIpc) is 2.94. The highest BCUT2D eigenvalue weighted by Gasteiger charge is 2.34. The van der Waals surface area contributed by atoms with E-state index in [-0.39, 0.29) is 18.5 Å². The van der Waals surface area contributed by atoms with Crippen LogP contribution in [-0.4, -0.2) is 50.0 Å². The first-order valence-electron chi connectivity index (χ1n) is 13.6. The second-order valence-corrected chi connectivity index (χ2v) is 13.1. The lowest BCUT2D eigenvalue weighted by molar-refractivity contribution is -0.140. The van der Waals surface area contributed by atoms with E-state index < -0.39 is 28.5 Å². The van der Waals surface area contributed by atoms with Gasteiger partial charge in [-0.2, -0.15) is 0 Å². The summed E-state index contributed by atoms with van der Waals surface area (Å²) in [6, 6.07) is 25.0. The summed E-state index contributed by atoms with van der Waals surface area (Å²) in [4.78, 5) is 29.6. The first-order valence-corrected chi connectivity index (χ1v) is 16.3. The Bertz CT molecular complexity index is 1380. The highest BCUT2D eigenvalue weighted by atomic mass is 79.9. The Morgan fingerprint density at radius 2 is 1.52 bits per heavy atom. The summed E-state index contributed by atoms with van der Waals surface area (Å²) in [5.41, 5.74) is 2.14. The fraction of sp³-hybridized carbons (Fsp3) is 0.355. The van der Waals surface area contributed by atoms with Crippen molar-refractivity contribution in [1.29, 1.82) is 0 Å². The number of rotatable bonds is 11. The van der Waals surface area contributed by atoms with Crippen LogP contribution in [0, 0.1) is 0 Å². The van der Waals surface area contributed by atoms with Crippen LogP contribution < -0.4 is 9.62 Å². The number of carbonyl (C=O) groups excluding carboxylic acids is 2. The first kappa shape index (κ1) is 29.8. The summed E-state index contributed by atoms with van der Waals surface area (Å²) in [6.07, 6.45) is 6.52. The van der Waals surface area contributed by atoms with Gasteiger partial charge in [-0.25, -0.2) is 8.42 Å². The van der Waals surface area contributed by atoms with Gasteiger partial charge in [0.1, 0.15) is 12.6 Å². The molecule has 1 atom stereocenters.